The van der Waals surface area contributed by atoms with E-state index in [2.05, 4.69) is 0 Å². The molecular formula is C18H18N2O5. The van der Waals surface area contributed by atoms with Crippen molar-refractivity contribution in [2.45, 2.75) is 12.3 Å². The summed E-state index contributed by atoms with van der Waals surface area (Å²) in [4.78, 5) is 24.5. The van der Waals surface area contributed by atoms with E-state index in [0.29, 0.717) is 13.1 Å². The molecule has 130 valence electrons. The lowest BCUT2D eigenvalue weighted by Gasteiger charge is -2.18. The number of benzene rings is 2. The van der Waals surface area contributed by atoms with E-state index >= 15 is 0 Å². The molecule has 1 heterocycles. The van der Waals surface area contributed by atoms with Crippen molar-refractivity contribution in [2.75, 3.05) is 20.2 Å². The summed E-state index contributed by atoms with van der Waals surface area (Å²) in [5.74, 6) is -0.0854. The number of carbonyl (C=O) groups is 1. The van der Waals surface area contributed by atoms with Gasteiger partial charge in [0.25, 0.3) is 5.91 Å². The largest absolute Gasteiger partial charge is 0.502 e. The maximum atomic E-state index is 12.7. The second kappa shape index (κ2) is 6.80. The highest BCUT2D eigenvalue weighted by atomic mass is 16.6. The van der Waals surface area contributed by atoms with Crippen molar-refractivity contribution in [3.63, 3.8) is 0 Å². The van der Waals surface area contributed by atoms with Gasteiger partial charge in [0.1, 0.15) is 5.75 Å². The first-order valence-corrected chi connectivity index (χ1v) is 7.91. The standard InChI is InChI=1S/C18H18N2O5/c1-25-16-8-3-2-5-13(16)12-9-10-19(11-12)18(22)14-6-4-7-15(17(14)21)20(23)24/h2-8,12,21H,9-11H2,1H3/t12-/m0/s1. The third-order valence-electron chi connectivity index (χ3n) is 4.50. The van der Waals surface area contributed by atoms with E-state index in [1.54, 1.807) is 12.0 Å². The number of methoxy groups -OCH3 is 1. The van der Waals surface area contributed by atoms with Gasteiger partial charge in [-0.05, 0) is 24.1 Å². The minimum absolute atomic E-state index is 0.0464. The van der Waals surface area contributed by atoms with Crippen LogP contribution in [0.1, 0.15) is 28.3 Å². The van der Waals surface area contributed by atoms with Crippen molar-refractivity contribution < 1.29 is 19.6 Å². The van der Waals surface area contributed by atoms with Gasteiger partial charge in [0, 0.05) is 25.1 Å². The molecule has 2 aromatic rings. The smallest absolute Gasteiger partial charge is 0.311 e. The van der Waals surface area contributed by atoms with Crippen LogP contribution in [0.2, 0.25) is 0 Å². The molecule has 0 aromatic heterocycles. The molecule has 1 aliphatic rings. The number of aromatic hydroxyl groups is 1. The monoisotopic (exact) mass is 342 g/mol. The topological polar surface area (TPSA) is 92.9 Å². The first-order chi connectivity index (χ1) is 12.0. The number of hydrogen-bond acceptors (Lipinski definition) is 5. The average molecular weight is 342 g/mol. The van der Waals surface area contributed by atoms with Gasteiger partial charge in [-0.15, -0.1) is 0 Å². The molecular weight excluding hydrogens is 324 g/mol. The van der Waals surface area contributed by atoms with Gasteiger partial charge in [-0.1, -0.05) is 24.3 Å². The Morgan fingerprint density at radius 2 is 2.04 bits per heavy atom. The molecule has 3 rings (SSSR count). The lowest BCUT2D eigenvalue weighted by Crippen LogP contribution is -2.28. The lowest BCUT2D eigenvalue weighted by molar-refractivity contribution is -0.385. The number of ether oxygens (including phenoxy) is 1. The van der Waals surface area contributed by atoms with Crippen LogP contribution in [0.25, 0.3) is 0 Å². The first kappa shape index (κ1) is 16.8. The van der Waals surface area contributed by atoms with Gasteiger partial charge < -0.3 is 14.7 Å². The number of rotatable bonds is 4. The Morgan fingerprint density at radius 1 is 1.28 bits per heavy atom. The third kappa shape index (κ3) is 3.13. The van der Waals surface area contributed by atoms with Crippen molar-refractivity contribution in [2.24, 2.45) is 0 Å². The van der Waals surface area contributed by atoms with Gasteiger partial charge >= 0.3 is 5.69 Å². The predicted molar refractivity (Wildman–Crippen MR) is 91.0 cm³/mol. The fourth-order valence-corrected chi connectivity index (χ4v) is 3.22. The van der Waals surface area contributed by atoms with Crippen molar-refractivity contribution in [3.05, 3.63) is 63.7 Å². The summed E-state index contributed by atoms with van der Waals surface area (Å²) in [6.07, 6.45) is 0.766. The number of nitrogens with zero attached hydrogens (tertiary/aromatic N) is 2. The summed E-state index contributed by atoms with van der Waals surface area (Å²) in [7, 11) is 1.61. The number of para-hydroxylation sites is 2. The summed E-state index contributed by atoms with van der Waals surface area (Å²) in [5, 5.41) is 21.0. The van der Waals surface area contributed by atoms with Gasteiger partial charge in [0.2, 0.25) is 5.75 Å². The summed E-state index contributed by atoms with van der Waals surface area (Å²) in [6, 6.07) is 11.7. The fraction of sp³-hybridized carbons (Fsp3) is 0.278. The van der Waals surface area contributed by atoms with Crippen LogP contribution in [0, 0.1) is 10.1 Å². The number of nitro groups is 1. The molecule has 0 saturated carbocycles. The number of carbonyl (C=O) groups excluding carboxylic acids is 1. The highest BCUT2D eigenvalue weighted by Crippen LogP contribution is 2.36. The molecule has 1 saturated heterocycles. The molecule has 1 atom stereocenters. The molecule has 7 heteroatoms. The molecule has 0 aliphatic carbocycles. The molecule has 1 amide bonds. The fourth-order valence-electron chi connectivity index (χ4n) is 3.22. The first-order valence-electron chi connectivity index (χ1n) is 7.91. The summed E-state index contributed by atoms with van der Waals surface area (Å²) >= 11 is 0. The van der Waals surface area contributed by atoms with Crippen LogP contribution < -0.4 is 4.74 Å². The van der Waals surface area contributed by atoms with Crippen LogP contribution in [0.5, 0.6) is 11.5 Å². The van der Waals surface area contributed by atoms with E-state index in [9.17, 15) is 20.0 Å². The summed E-state index contributed by atoms with van der Waals surface area (Å²) < 4.78 is 5.38. The van der Waals surface area contributed by atoms with Crippen LogP contribution in [0.3, 0.4) is 0 Å². The molecule has 7 nitrogen and oxygen atoms in total. The summed E-state index contributed by atoms with van der Waals surface area (Å²) in [5.41, 5.74) is 0.518. The molecule has 25 heavy (non-hydrogen) atoms. The quantitative estimate of drug-likeness (QED) is 0.681. The average Bonchev–Trinajstić information content (AvgIpc) is 3.11. The molecule has 1 aliphatic heterocycles. The molecule has 1 N–H and O–H groups in total. The number of phenols is 1. The van der Waals surface area contributed by atoms with E-state index < -0.39 is 22.3 Å². The van der Waals surface area contributed by atoms with Crippen LogP contribution in [-0.4, -0.2) is 41.0 Å². The highest BCUT2D eigenvalue weighted by molar-refractivity contribution is 5.98. The van der Waals surface area contributed by atoms with Crippen molar-refractivity contribution in [1.29, 1.82) is 0 Å². The molecule has 1 fully saturated rings. The van der Waals surface area contributed by atoms with Gasteiger partial charge in [0.15, 0.2) is 0 Å². The molecule has 0 unspecified atom stereocenters. The zero-order valence-corrected chi connectivity index (χ0v) is 13.7. The van der Waals surface area contributed by atoms with E-state index in [4.69, 9.17) is 4.74 Å². The van der Waals surface area contributed by atoms with Crippen molar-refractivity contribution in [3.8, 4) is 11.5 Å². The van der Waals surface area contributed by atoms with E-state index in [1.165, 1.54) is 18.2 Å². The highest BCUT2D eigenvalue weighted by Gasteiger charge is 2.32. The Morgan fingerprint density at radius 3 is 2.76 bits per heavy atom. The van der Waals surface area contributed by atoms with E-state index in [1.807, 2.05) is 24.3 Å². The van der Waals surface area contributed by atoms with Crippen molar-refractivity contribution in [1.82, 2.24) is 4.90 Å². The van der Waals surface area contributed by atoms with Crippen molar-refractivity contribution >= 4 is 11.6 Å². The zero-order chi connectivity index (χ0) is 18.0. The SMILES string of the molecule is COc1ccccc1[C@H]1CCN(C(=O)c2cccc([N+](=O)[O-])c2O)C1. The second-order valence-electron chi connectivity index (χ2n) is 5.91. The third-order valence-corrected chi connectivity index (χ3v) is 4.50. The van der Waals surface area contributed by atoms with E-state index in [-0.39, 0.29) is 11.5 Å². The zero-order valence-electron chi connectivity index (χ0n) is 13.7. The Balaban J connectivity index is 1.82. The normalized spacial score (nSPS) is 16.7. The Kier molecular flexibility index (Phi) is 4.56. The van der Waals surface area contributed by atoms with Gasteiger partial charge in [-0.3, -0.25) is 14.9 Å². The maximum absolute atomic E-state index is 12.7. The Hall–Kier alpha value is -3.09. The number of likely N-dealkylation sites (tertiary alicyclic amines) is 1. The number of nitro benzene ring substituents is 1. The minimum atomic E-state index is -0.701. The van der Waals surface area contributed by atoms with Crippen LogP contribution in [0.15, 0.2) is 42.5 Å². The van der Waals surface area contributed by atoms with Gasteiger partial charge in [0.05, 0.1) is 17.6 Å². The number of phenolic OH excluding ortho intramolecular Hbond substituents is 1. The summed E-state index contributed by atoms with van der Waals surface area (Å²) in [6.45, 7) is 0.991. The van der Waals surface area contributed by atoms with Crippen LogP contribution in [0.4, 0.5) is 5.69 Å². The Bertz CT molecular complexity index is 821. The molecule has 0 radical (unpaired) electrons. The van der Waals surface area contributed by atoms with E-state index in [0.717, 1.165) is 17.7 Å². The lowest BCUT2D eigenvalue weighted by atomic mass is 9.97. The maximum Gasteiger partial charge on any atom is 0.311 e. The van der Waals surface area contributed by atoms with Crippen LogP contribution in [-0.2, 0) is 0 Å². The number of amides is 1. The second-order valence-corrected chi connectivity index (χ2v) is 5.91. The van der Waals surface area contributed by atoms with Gasteiger partial charge in [-0.25, -0.2) is 0 Å². The number of hydrogen-bond donors (Lipinski definition) is 1. The Labute approximate surface area is 144 Å². The van der Waals surface area contributed by atoms with Gasteiger partial charge in [-0.2, -0.15) is 0 Å². The minimum Gasteiger partial charge on any atom is -0.502 e. The van der Waals surface area contributed by atoms with Crippen LogP contribution >= 0.6 is 0 Å². The molecule has 0 bridgehead atoms. The molecule has 2 aromatic carbocycles. The predicted octanol–water partition coefficient (Wildman–Crippen LogP) is 2.94. The molecule has 0 spiro atoms.